The Bertz CT molecular complexity index is 1410. The summed E-state index contributed by atoms with van der Waals surface area (Å²) in [7, 11) is -0.712. The van der Waals surface area contributed by atoms with Crippen molar-refractivity contribution in [3.63, 3.8) is 0 Å². The van der Waals surface area contributed by atoms with E-state index in [-0.39, 0.29) is 19.2 Å². The molecule has 11 heteroatoms. The predicted octanol–water partition coefficient (Wildman–Crippen LogP) is 8.91. The Hall–Kier alpha value is -2.52. The fraction of sp³-hybridized carbons (Fsp3) is 0.441. The maximum absolute atomic E-state index is 12.7. The first-order chi connectivity index (χ1) is 21.4. The van der Waals surface area contributed by atoms with Crippen LogP contribution >= 0.6 is 31.0 Å². The number of aliphatic hydroxyl groups excluding tert-OH is 1. The van der Waals surface area contributed by atoms with Gasteiger partial charge in [-0.2, -0.15) is 0 Å². The molecule has 3 aromatic carbocycles. The van der Waals surface area contributed by atoms with Crippen molar-refractivity contribution in [1.82, 2.24) is 5.32 Å². The van der Waals surface area contributed by atoms with E-state index in [1.165, 1.54) is 14.2 Å². The fourth-order valence-corrected chi connectivity index (χ4v) is 7.12. The molecule has 0 heterocycles. The van der Waals surface area contributed by atoms with E-state index in [9.17, 15) is 14.5 Å². The van der Waals surface area contributed by atoms with Crippen molar-refractivity contribution in [3.8, 4) is 5.75 Å². The number of benzene rings is 3. The van der Waals surface area contributed by atoms with Crippen LogP contribution in [0, 0.1) is 0 Å². The van der Waals surface area contributed by atoms with Crippen molar-refractivity contribution in [3.05, 3.63) is 88.9 Å². The first-order valence-corrected chi connectivity index (χ1v) is 17.9. The molecule has 0 aliphatic rings. The van der Waals surface area contributed by atoms with E-state index < -0.39 is 24.8 Å². The molecule has 0 radical (unpaired) electrons. The van der Waals surface area contributed by atoms with Gasteiger partial charge in [-0.1, -0.05) is 72.2 Å². The minimum Gasteiger partial charge on any atom is -0.489 e. The second-order valence-electron chi connectivity index (χ2n) is 11.8. The van der Waals surface area contributed by atoms with Crippen LogP contribution in [-0.2, 0) is 31.4 Å². The highest BCUT2D eigenvalue weighted by molar-refractivity contribution is 7.99. The Morgan fingerprint density at radius 3 is 2.29 bits per heavy atom. The van der Waals surface area contributed by atoms with Crippen LogP contribution < -0.4 is 10.1 Å². The average molecular weight is 678 g/mol. The minimum atomic E-state index is -3.35. The molecule has 1 unspecified atom stereocenters. The molecule has 0 bridgehead atoms. The van der Waals surface area contributed by atoms with Crippen LogP contribution in [0.5, 0.6) is 5.75 Å². The third kappa shape index (κ3) is 12.7. The molecule has 0 spiro atoms. The number of aryl methyl sites for hydroxylation is 1. The van der Waals surface area contributed by atoms with Gasteiger partial charge in [0.15, 0.2) is 0 Å². The molecule has 0 saturated heterocycles. The molecule has 0 aliphatic heterocycles. The van der Waals surface area contributed by atoms with Crippen molar-refractivity contribution in [2.75, 3.05) is 27.0 Å². The highest BCUT2D eigenvalue weighted by atomic mass is 35.5. The van der Waals surface area contributed by atoms with Gasteiger partial charge in [0.2, 0.25) is 0 Å². The van der Waals surface area contributed by atoms with Crippen molar-refractivity contribution in [2.24, 2.45) is 0 Å². The van der Waals surface area contributed by atoms with Crippen molar-refractivity contribution < 1.29 is 33.0 Å². The number of hydrogen-bond donors (Lipinski definition) is 2. The smallest absolute Gasteiger partial charge is 0.408 e. The second kappa shape index (κ2) is 17.4. The van der Waals surface area contributed by atoms with Gasteiger partial charge in [-0.15, -0.1) is 0 Å². The van der Waals surface area contributed by atoms with Gasteiger partial charge in [-0.25, -0.2) is 4.79 Å². The molecule has 2 N–H and O–H groups in total. The van der Waals surface area contributed by atoms with Gasteiger partial charge in [0.05, 0.1) is 18.3 Å². The SMILES string of the molecule is COP(=O)(CCC(CO)(CCCCc1ccc(Sc2cccc(OCc3ccccc3)c2)cc1Cl)NC(=O)OC(C)(C)C)OC. The van der Waals surface area contributed by atoms with Gasteiger partial charge >= 0.3 is 13.7 Å². The Balaban J connectivity index is 1.58. The van der Waals surface area contributed by atoms with Gasteiger partial charge in [0.1, 0.15) is 18.0 Å². The summed E-state index contributed by atoms with van der Waals surface area (Å²) in [5.41, 5.74) is 0.361. The summed E-state index contributed by atoms with van der Waals surface area (Å²) in [4.78, 5) is 14.7. The normalized spacial score (nSPS) is 13.2. The number of amides is 1. The van der Waals surface area contributed by atoms with Gasteiger partial charge in [0, 0.05) is 29.0 Å². The van der Waals surface area contributed by atoms with Crippen LogP contribution in [0.1, 0.15) is 57.6 Å². The highest BCUT2D eigenvalue weighted by Crippen LogP contribution is 2.48. The monoisotopic (exact) mass is 677 g/mol. The molecular weight excluding hydrogens is 633 g/mol. The summed E-state index contributed by atoms with van der Waals surface area (Å²) in [6.07, 6.45) is 2.15. The number of rotatable bonds is 17. The first-order valence-electron chi connectivity index (χ1n) is 14.9. The van der Waals surface area contributed by atoms with Crippen LogP contribution in [0.2, 0.25) is 5.02 Å². The number of hydrogen-bond acceptors (Lipinski definition) is 8. The minimum absolute atomic E-state index is 0.0311. The molecule has 0 saturated carbocycles. The summed E-state index contributed by atoms with van der Waals surface area (Å²) in [5.74, 6) is 0.805. The Labute approximate surface area is 276 Å². The highest BCUT2D eigenvalue weighted by Gasteiger charge is 2.36. The molecule has 1 atom stereocenters. The molecule has 8 nitrogen and oxygen atoms in total. The molecule has 3 aromatic rings. The lowest BCUT2D eigenvalue weighted by Gasteiger charge is -2.34. The zero-order chi connectivity index (χ0) is 32.9. The maximum Gasteiger partial charge on any atom is 0.408 e. The van der Waals surface area contributed by atoms with Gasteiger partial charge in [-0.05, 0) is 87.9 Å². The van der Waals surface area contributed by atoms with Crippen molar-refractivity contribution in [1.29, 1.82) is 0 Å². The van der Waals surface area contributed by atoms with E-state index in [1.54, 1.807) is 32.5 Å². The number of carbonyl (C=O) groups is 1. The topological polar surface area (TPSA) is 103 Å². The molecule has 1 amide bonds. The number of nitrogens with one attached hydrogen (secondary N) is 1. The van der Waals surface area contributed by atoms with Gasteiger partial charge in [0.25, 0.3) is 0 Å². The lowest BCUT2D eigenvalue weighted by atomic mass is 9.89. The summed E-state index contributed by atoms with van der Waals surface area (Å²) in [5, 5.41) is 13.9. The molecule has 0 aromatic heterocycles. The largest absolute Gasteiger partial charge is 0.489 e. The fourth-order valence-electron chi connectivity index (χ4n) is 4.65. The number of aliphatic hydroxyl groups is 1. The van der Waals surface area contributed by atoms with Crippen LogP contribution in [0.25, 0.3) is 0 Å². The number of carbonyl (C=O) groups excluding carboxylic acids is 1. The quantitative estimate of drug-likeness (QED) is 0.108. The van der Waals surface area contributed by atoms with Gasteiger partial charge in [-0.3, -0.25) is 4.57 Å². The van der Waals surface area contributed by atoms with Gasteiger partial charge < -0.3 is 28.9 Å². The summed E-state index contributed by atoms with van der Waals surface area (Å²) in [6.45, 7) is 5.45. The number of ether oxygens (including phenoxy) is 2. The predicted molar refractivity (Wildman–Crippen MR) is 181 cm³/mol. The number of alkyl carbamates (subject to hydrolysis) is 1. The van der Waals surface area contributed by atoms with E-state index in [2.05, 4.69) is 11.4 Å². The third-order valence-corrected chi connectivity index (χ3v) is 10.4. The molecular formula is C34H45ClNO7PS. The Morgan fingerprint density at radius 1 is 0.933 bits per heavy atom. The van der Waals surface area contributed by atoms with E-state index >= 15 is 0 Å². The molecule has 246 valence electrons. The van der Waals surface area contributed by atoms with Crippen molar-refractivity contribution in [2.45, 2.75) is 80.4 Å². The zero-order valence-electron chi connectivity index (χ0n) is 26.7. The Morgan fingerprint density at radius 2 is 1.64 bits per heavy atom. The summed E-state index contributed by atoms with van der Waals surface area (Å²) in [6, 6.07) is 24.1. The van der Waals surface area contributed by atoms with Crippen LogP contribution in [0.3, 0.4) is 0 Å². The molecule has 0 aliphatic carbocycles. The van der Waals surface area contributed by atoms with E-state index in [0.717, 1.165) is 39.5 Å². The first kappa shape index (κ1) is 36.9. The molecule has 45 heavy (non-hydrogen) atoms. The number of unbranched alkanes of at least 4 members (excludes halogenated alkanes) is 1. The standard InChI is InChI=1S/C34H45ClNO7PS/c1-33(2,3)43-32(38)36-34(25-37,20-21-44(39,40-4)41-5)19-10-9-14-27-17-18-30(23-31(27)35)45-29-16-11-15-28(22-29)42-24-26-12-7-6-8-13-26/h6-8,11-13,15-18,22-23,37H,9-10,14,19-21,24-25H2,1-5H3,(H,36,38). The second-order valence-corrected chi connectivity index (χ2v) is 15.8. The average Bonchev–Trinajstić information content (AvgIpc) is 3.01. The van der Waals surface area contributed by atoms with Crippen LogP contribution in [-0.4, -0.2) is 49.3 Å². The molecule has 0 fully saturated rings. The van der Waals surface area contributed by atoms with Crippen molar-refractivity contribution >= 4 is 37.1 Å². The molecule has 3 rings (SSSR count). The Kier molecular flexibility index (Phi) is 14.3. The van der Waals surface area contributed by atoms with E-state index in [1.807, 2.05) is 66.7 Å². The van der Waals surface area contributed by atoms with Crippen LogP contribution in [0.15, 0.2) is 82.6 Å². The lowest BCUT2D eigenvalue weighted by molar-refractivity contribution is 0.0375. The summed E-state index contributed by atoms with van der Waals surface area (Å²) < 4.78 is 34.3. The number of halogens is 1. The lowest BCUT2D eigenvalue weighted by Crippen LogP contribution is -2.53. The third-order valence-electron chi connectivity index (χ3n) is 7.15. The van der Waals surface area contributed by atoms with Crippen LogP contribution in [0.4, 0.5) is 4.79 Å². The van der Waals surface area contributed by atoms with E-state index in [0.29, 0.717) is 24.5 Å². The summed E-state index contributed by atoms with van der Waals surface area (Å²) >= 11 is 8.31. The maximum atomic E-state index is 12.7. The zero-order valence-corrected chi connectivity index (χ0v) is 29.2. The van der Waals surface area contributed by atoms with E-state index in [4.69, 9.17) is 30.1 Å².